The fraction of sp³-hybridized carbons (Fsp3) is 0.0588. The molecular formula is C17H14N2O. The van der Waals surface area contributed by atoms with Crippen LogP contribution < -0.4 is 0 Å². The number of carbonyl (C=O) groups excluding carboxylic acids is 1. The maximum atomic E-state index is 12.2. The highest BCUT2D eigenvalue weighted by Crippen LogP contribution is 2.18. The minimum absolute atomic E-state index is 0.0616. The molecule has 1 aromatic heterocycles. The van der Waals surface area contributed by atoms with Crippen molar-refractivity contribution in [1.29, 1.82) is 0 Å². The van der Waals surface area contributed by atoms with Crippen molar-refractivity contribution < 1.29 is 4.79 Å². The van der Waals surface area contributed by atoms with Crippen molar-refractivity contribution in [1.82, 2.24) is 9.78 Å². The highest BCUT2D eigenvalue weighted by atomic mass is 16.1. The van der Waals surface area contributed by atoms with Gasteiger partial charge < -0.3 is 0 Å². The van der Waals surface area contributed by atoms with Crippen molar-refractivity contribution >= 4 is 5.78 Å². The number of carbonyl (C=O) groups is 1. The van der Waals surface area contributed by atoms with Crippen molar-refractivity contribution in [3.05, 3.63) is 78.5 Å². The molecule has 3 nitrogen and oxygen atoms in total. The second-order valence-electron chi connectivity index (χ2n) is 4.53. The highest BCUT2D eigenvalue weighted by molar-refractivity contribution is 5.96. The lowest BCUT2D eigenvalue weighted by Gasteiger charge is -2.07. The maximum Gasteiger partial charge on any atom is 0.184 e. The Hall–Kier alpha value is -2.68. The molecule has 20 heavy (non-hydrogen) atoms. The van der Waals surface area contributed by atoms with Crippen molar-refractivity contribution in [3.63, 3.8) is 0 Å². The molecular weight excluding hydrogens is 248 g/mol. The average Bonchev–Trinajstić information content (AvgIpc) is 2.97. The van der Waals surface area contributed by atoms with Crippen molar-refractivity contribution in [2.45, 2.75) is 6.54 Å². The van der Waals surface area contributed by atoms with Gasteiger partial charge in [0.25, 0.3) is 0 Å². The first-order valence-electron chi connectivity index (χ1n) is 6.50. The predicted molar refractivity (Wildman–Crippen MR) is 78.4 cm³/mol. The van der Waals surface area contributed by atoms with Gasteiger partial charge in [-0.3, -0.25) is 9.48 Å². The SMILES string of the molecule is O=C(Cn1nccc1-c1ccccc1)c1ccccc1. The Morgan fingerprint density at radius 2 is 1.55 bits per heavy atom. The third-order valence-electron chi connectivity index (χ3n) is 3.18. The van der Waals surface area contributed by atoms with Crippen LogP contribution in [0.5, 0.6) is 0 Å². The van der Waals surface area contributed by atoms with Gasteiger partial charge in [-0.1, -0.05) is 60.7 Å². The summed E-state index contributed by atoms with van der Waals surface area (Å²) in [4.78, 5) is 12.2. The van der Waals surface area contributed by atoms with E-state index < -0.39 is 0 Å². The van der Waals surface area contributed by atoms with Crippen LogP contribution in [0.3, 0.4) is 0 Å². The zero-order valence-corrected chi connectivity index (χ0v) is 10.9. The van der Waals surface area contributed by atoms with Crippen molar-refractivity contribution in [3.8, 4) is 11.3 Å². The summed E-state index contributed by atoms with van der Waals surface area (Å²) < 4.78 is 1.74. The van der Waals surface area contributed by atoms with Gasteiger partial charge in [0.05, 0.1) is 5.69 Å². The van der Waals surface area contributed by atoms with Crippen LogP contribution >= 0.6 is 0 Å². The van der Waals surface area contributed by atoms with Crippen molar-refractivity contribution in [2.75, 3.05) is 0 Å². The quantitative estimate of drug-likeness (QED) is 0.675. The molecule has 0 spiro atoms. The summed E-state index contributed by atoms with van der Waals surface area (Å²) in [7, 11) is 0. The largest absolute Gasteiger partial charge is 0.292 e. The standard InChI is InChI=1S/C17H14N2O/c20-17(15-9-5-2-6-10-15)13-19-16(11-12-18-19)14-7-3-1-4-8-14/h1-12H,13H2. The van der Waals surface area contributed by atoms with E-state index in [1.807, 2.05) is 66.7 Å². The Labute approximate surface area is 117 Å². The minimum atomic E-state index is 0.0616. The molecule has 0 radical (unpaired) electrons. The molecule has 0 saturated carbocycles. The normalized spacial score (nSPS) is 10.4. The summed E-state index contributed by atoms with van der Waals surface area (Å²) in [5.74, 6) is 0.0616. The summed E-state index contributed by atoms with van der Waals surface area (Å²) in [5.41, 5.74) is 2.72. The van der Waals surface area contributed by atoms with Crippen molar-refractivity contribution in [2.24, 2.45) is 0 Å². The lowest BCUT2D eigenvalue weighted by molar-refractivity contribution is 0.0968. The van der Waals surface area contributed by atoms with Crippen LogP contribution in [-0.4, -0.2) is 15.6 Å². The maximum absolute atomic E-state index is 12.2. The molecule has 2 aromatic carbocycles. The zero-order chi connectivity index (χ0) is 13.8. The molecule has 0 aliphatic rings. The van der Waals surface area contributed by atoms with Gasteiger partial charge in [0.15, 0.2) is 5.78 Å². The summed E-state index contributed by atoms with van der Waals surface area (Å²) in [6.07, 6.45) is 1.72. The smallest absolute Gasteiger partial charge is 0.184 e. The average molecular weight is 262 g/mol. The first kappa shape index (κ1) is 12.4. The second kappa shape index (κ2) is 5.53. The minimum Gasteiger partial charge on any atom is -0.292 e. The molecule has 0 atom stereocenters. The molecule has 3 rings (SSSR count). The van der Waals surface area contributed by atoms with Crippen LogP contribution in [0.4, 0.5) is 0 Å². The molecule has 0 aliphatic heterocycles. The predicted octanol–water partition coefficient (Wildman–Crippen LogP) is 3.43. The van der Waals surface area contributed by atoms with Gasteiger partial charge in [0.1, 0.15) is 6.54 Å². The monoisotopic (exact) mass is 262 g/mol. The molecule has 0 N–H and O–H groups in total. The van der Waals surface area contributed by atoms with Crippen LogP contribution in [0, 0.1) is 0 Å². The number of aromatic nitrogens is 2. The lowest BCUT2D eigenvalue weighted by atomic mass is 10.1. The molecule has 98 valence electrons. The van der Waals surface area contributed by atoms with E-state index >= 15 is 0 Å². The van der Waals surface area contributed by atoms with E-state index in [1.54, 1.807) is 10.9 Å². The Morgan fingerprint density at radius 1 is 0.900 bits per heavy atom. The van der Waals surface area contributed by atoms with Crippen LogP contribution in [0.2, 0.25) is 0 Å². The third-order valence-corrected chi connectivity index (χ3v) is 3.18. The lowest BCUT2D eigenvalue weighted by Crippen LogP contribution is -2.12. The fourth-order valence-electron chi connectivity index (χ4n) is 2.16. The van der Waals surface area contributed by atoms with E-state index in [9.17, 15) is 4.79 Å². The van der Waals surface area contributed by atoms with Gasteiger partial charge in [-0.05, 0) is 11.6 Å². The zero-order valence-electron chi connectivity index (χ0n) is 10.9. The van der Waals surface area contributed by atoms with Crippen LogP contribution in [0.25, 0.3) is 11.3 Å². The molecule has 0 unspecified atom stereocenters. The number of ketones is 1. The summed E-state index contributed by atoms with van der Waals surface area (Å²) in [5, 5.41) is 4.25. The number of rotatable bonds is 4. The molecule has 0 aliphatic carbocycles. The van der Waals surface area contributed by atoms with Gasteiger partial charge in [0, 0.05) is 11.8 Å². The van der Waals surface area contributed by atoms with E-state index in [2.05, 4.69) is 5.10 Å². The van der Waals surface area contributed by atoms with Gasteiger partial charge in [-0.15, -0.1) is 0 Å². The number of Topliss-reactive ketones (excluding diaryl/α,β-unsaturated/α-hetero) is 1. The first-order chi connectivity index (χ1) is 9.84. The van der Waals surface area contributed by atoms with Gasteiger partial charge in [-0.2, -0.15) is 5.10 Å². The van der Waals surface area contributed by atoms with E-state index in [-0.39, 0.29) is 12.3 Å². The van der Waals surface area contributed by atoms with E-state index in [4.69, 9.17) is 0 Å². The second-order valence-corrected chi connectivity index (χ2v) is 4.53. The fourth-order valence-corrected chi connectivity index (χ4v) is 2.16. The van der Waals surface area contributed by atoms with Crippen LogP contribution in [0.1, 0.15) is 10.4 Å². The molecule has 1 heterocycles. The van der Waals surface area contributed by atoms with Crippen LogP contribution in [0.15, 0.2) is 72.9 Å². The Kier molecular flexibility index (Phi) is 3.42. The Bertz CT molecular complexity index is 702. The van der Waals surface area contributed by atoms with E-state index in [1.165, 1.54) is 0 Å². The third kappa shape index (κ3) is 2.52. The van der Waals surface area contributed by atoms with Crippen LogP contribution in [-0.2, 0) is 6.54 Å². The van der Waals surface area contributed by atoms with E-state index in [0.29, 0.717) is 5.56 Å². The Morgan fingerprint density at radius 3 is 2.25 bits per heavy atom. The Balaban J connectivity index is 1.86. The topological polar surface area (TPSA) is 34.9 Å². The molecule has 3 aromatic rings. The van der Waals surface area contributed by atoms with Gasteiger partial charge in [-0.25, -0.2) is 0 Å². The number of benzene rings is 2. The van der Waals surface area contributed by atoms with E-state index in [0.717, 1.165) is 11.3 Å². The van der Waals surface area contributed by atoms with Gasteiger partial charge in [0.2, 0.25) is 0 Å². The molecule has 0 saturated heterocycles. The summed E-state index contributed by atoms with van der Waals surface area (Å²) in [6, 6.07) is 21.2. The van der Waals surface area contributed by atoms with Gasteiger partial charge >= 0.3 is 0 Å². The number of hydrogen-bond donors (Lipinski definition) is 0. The highest BCUT2D eigenvalue weighted by Gasteiger charge is 2.10. The first-order valence-corrected chi connectivity index (χ1v) is 6.50. The number of nitrogens with zero attached hydrogens (tertiary/aromatic N) is 2. The summed E-state index contributed by atoms with van der Waals surface area (Å²) in [6.45, 7) is 0.251. The molecule has 0 amide bonds. The molecule has 0 fully saturated rings. The molecule has 0 bridgehead atoms. The summed E-state index contributed by atoms with van der Waals surface area (Å²) >= 11 is 0. The number of hydrogen-bond acceptors (Lipinski definition) is 2. The molecule has 3 heteroatoms.